The fourth-order valence-electron chi connectivity index (χ4n) is 3.14. The molecule has 0 bridgehead atoms. The highest BCUT2D eigenvalue weighted by Gasteiger charge is 2.32. The fraction of sp³-hybridized carbons (Fsp3) is 0.933. The molecule has 0 aromatic carbocycles. The Kier molecular flexibility index (Phi) is 6.18. The molecule has 100 valence electrons. The van der Waals surface area contributed by atoms with E-state index in [0.29, 0.717) is 18.2 Å². The molecule has 0 amide bonds. The topological polar surface area (TPSA) is 43.1 Å². The quantitative estimate of drug-likeness (QED) is 0.736. The summed E-state index contributed by atoms with van der Waals surface area (Å²) in [4.78, 5) is 12.1. The summed E-state index contributed by atoms with van der Waals surface area (Å²) >= 11 is 0. The average Bonchev–Trinajstić information content (AvgIpc) is 2.37. The fourth-order valence-corrected chi connectivity index (χ4v) is 3.14. The second-order valence-corrected chi connectivity index (χ2v) is 5.87. The molecule has 0 radical (unpaired) electrons. The highest BCUT2D eigenvalue weighted by molar-refractivity contribution is 5.79. The maximum atomic E-state index is 12.1. The highest BCUT2D eigenvalue weighted by atomic mass is 16.1. The molecular formula is C15H29NO. The van der Waals surface area contributed by atoms with E-state index in [1.54, 1.807) is 0 Å². The van der Waals surface area contributed by atoms with Gasteiger partial charge >= 0.3 is 0 Å². The van der Waals surface area contributed by atoms with Crippen LogP contribution in [0, 0.1) is 11.3 Å². The first-order valence-electron chi connectivity index (χ1n) is 7.37. The first kappa shape index (κ1) is 14.7. The Balaban J connectivity index is 2.47. The van der Waals surface area contributed by atoms with Crippen LogP contribution in [-0.4, -0.2) is 12.3 Å². The summed E-state index contributed by atoms with van der Waals surface area (Å²) in [5.74, 6) is 1.03. The zero-order valence-electron chi connectivity index (χ0n) is 11.6. The molecule has 2 heteroatoms. The van der Waals surface area contributed by atoms with Crippen LogP contribution >= 0.6 is 0 Å². The van der Waals surface area contributed by atoms with Crippen molar-refractivity contribution in [2.75, 3.05) is 6.54 Å². The van der Waals surface area contributed by atoms with E-state index in [-0.39, 0.29) is 5.41 Å². The van der Waals surface area contributed by atoms with Gasteiger partial charge < -0.3 is 5.73 Å². The summed E-state index contributed by atoms with van der Waals surface area (Å²) in [5, 5.41) is 0. The molecular weight excluding hydrogens is 210 g/mol. The van der Waals surface area contributed by atoms with E-state index in [0.717, 1.165) is 38.5 Å². The summed E-state index contributed by atoms with van der Waals surface area (Å²) in [5.41, 5.74) is 6.08. The Morgan fingerprint density at radius 2 is 1.76 bits per heavy atom. The molecule has 0 spiro atoms. The van der Waals surface area contributed by atoms with Crippen LogP contribution in [0.25, 0.3) is 0 Å². The van der Waals surface area contributed by atoms with Crippen LogP contribution in [0.15, 0.2) is 0 Å². The van der Waals surface area contributed by atoms with Crippen molar-refractivity contribution in [3.8, 4) is 0 Å². The van der Waals surface area contributed by atoms with Crippen LogP contribution in [-0.2, 0) is 4.79 Å². The number of Topliss-reactive ketones (excluding diaryl/α,β-unsaturated/α-hetero) is 1. The third kappa shape index (κ3) is 4.42. The Morgan fingerprint density at radius 3 is 2.24 bits per heavy atom. The number of rotatable bonds is 7. The summed E-state index contributed by atoms with van der Waals surface area (Å²) < 4.78 is 0. The lowest BCUT2D eigenvalue weighted by atomic mass is 9.70. The molecule has 2 N–H and O–H groups in total. The molecule has 1 aliphatic rings. The SMILES string of the molecule is CCC(CC)CC(=O)CC1(CN)CCCCC1. The molecule has 2 nitrogen and oxygen atoms in total. The van der Waals surface area contributed by atoms with Gasteiger partial charge in [0.25, 0.3) is 0 Å². The monoisotopic (exact) mass is 239 g/mol. The Labute approximate surface area is 106 Å². The Hall–Kier alpha value is -0.370. The largest absolute Gasteiger partial charge is 0.330 e. The molecule has 0 aromatic heterocycles. The molecule has 0 unspecified atom stereocenters. The summed E-state index contributed by atoms with van der Waals surface area (Å²) in [6.45, 7) is 5.06. The van der Waals surface area contributed by atoms with Crippen molar-refractivity contribution in [3.05, 3.63) is 0 Å². The van der Waals surface area contributed by atoms with Crippen molar-refractivity contribution in [1.82, 2.24) is 0 Å². The van der Waals surface area contributed by atoms with Crippen LogP contribution in [0.3, 0.4) is 0 Å². The standard InChI is InChI=1S/C15H29NO/c1-3-13(4-2)10-14(17)11-15(12-16)8-6-5-7-9-15/h13H,3-12,16H2,1-2H3. The lowest BCUT2D eigenvalue weighted by molar-refractivity contribution is -0.122. The van der Waals surface area contributed by atoms with Gasteiger partial charge in [0.15, 0.2) is 0 Å². The first-order chi connectivity index (χ1) is 8.15. The number of nitrogens with two attached hydrogens (primary N) is 1. The normalized spacial score (nSPS) is 19.5. The number of ketones is 1. The van der Waals surface area contributed by atoms with Crippen molar-refractivity contribution < 1.29 is 4.79 Å². The molecule has 0 atom stereocenters. The molecule has 1 rings (SSSR count). The van der Waals surface area contributed by atoms with Crippen molar-refractivity contribution in [2.45, 2.75) is 71.6 Å². The lowest BCUT2D eigenvalue weighted by Crippen LogP contribution is -2.35. The molecule has 1 saturated carbocycles. The second-order valence-electron chi connectivity index (χ2n) is 5.87. The minimum atomic E-state index is 0.154. The van der Waals surface area contributed by atoms with Crippen molar-refractivity contribution in [3.63, 3.8) is 0 Å². The highest BCUT2D eigenvalue weighted by Crippen LogP contribution is 2.39. The molecule has 0 aliphatic heterocycles. The van der Waals surface area contributed by atoms with Gasteiger partial charge in [0.2, 0.25) is 0 Å². The van der Waals surface area contributed by atoms with E-state index in [4.69, 9.17) is 5.73 Å². The second kappa shape index (κ2) is 7.15. The van der Waals surface area contributed by atoms with Gasteiger partial charge in [-0.1, -0.05) is 46.0 Å². The van der Waals surface area contributed by atoms with Gasteiger partial charge in [-0.05, 0) is 30.7 Å². The van der Waals surface area contributed by atoms with Gasteiger partial charge in [-0.2, -0.15) is 0 Å². The van der Waals surface area contributed by atoms with Crippen LogP contribution in [0.5, 0.6) is 0 Å². The van der Waals surface area contributed by atoms with E-state index in [2.05, 4.69) is 13.8 Å². The van der Waals surface area contributed by atoms with E-state index in [1.807, 2.05) is 0 Å². The van der Waals surface area contributed by atoms with Gasteiger partial charge in [0, 0.05) is 12.8 Å². The molecule has 0 aromatic rings. The van der Waals surface area contributed by atoms with Gasteiger partial charge in [0.1, 0.15) is 5.78 Å². The number of hydrogen-bond acceptors (Lipinski definition) is 2. The predicted molar refractivity (Wildman–Crippen MR) is 72.9 cm³/mol. The summed E-state index contributed by atoms with van der Waals surface area (Å²) in [6.07, 6.45) is 9.92. The maximum Gasteiger partial charge on any atom is 0.133 e. The van der Waals surface area contributed by atoms with Crippen LogP contribution in [0.1, 0.15) is 71.6 Å². The average molecular weight is 239 g/mol. The van der Waals surface area contributed by atoms with Gasteiger partial charge in [0.05, 0.1) is 0 Å². The van der Waals surface area contributed by atoms with E-state index in [1.165, 1.54) is 19.3 Å². The Morgan fingerprint density at radius 1 is 1.18 bits per heavy atom. The third-order valence-electron chi connectivity index (χ3n) is 4.59. The van der Waals surface area contributed by atoms with Gasteiger partial charge in [-0.3, -0.25) is 4.79 Å². The molecule has 1 aliphatic carbocycles. The van der Waals surface area contributed by atoms with Crippen LogP contribution in [0.4, 0.5) is 0 Å². The minimum absolute atomic E-state index is 0.154. The number of hydrogen-bond donors (Lipinski definition) is 1. The zero-order chi connectivity index (χ0) is 12.7. The van der Waals surface area contributed by atoms with E-state index >= 15 is 0 Å². The summed E-state index contributed by atoms with van der Waals surface area (Å²) in [6, 6.07) is 0. The Bertz CT molecular complexity index is 227. The molecule has 1 fully saturated rings. The lowest BCUT2D eigenvalue weighted by Gasteiger charge is -2.36. The van der Waals surface area contributed by atoms with Gasteiger partial charge in [-0.25, -0.2) is 0 Å². The van der Waals surface area contributed by atoms with E-state index in [9.17, 15) is 4.79 Å². The maximum absolute atomic E-state index is 12.1. The summed E-state index contributed by atoms with van der Waals surface area (Å²) in [7, 11) is 0. The smallest absolute Gasteiger partial charge is 0.133 e. The predicted octanol–water partition coefficient (Wildman–Crippen LogP) is 3.68. The number of carbonyl (C=O) groups is 1. The number of carbonyl (C=O) groups excluding carboxylic acids is 1. The molecule has 0 saturated heterocycles. The van der Waals surface area contributed by atoms with Crippen molar-refractivity contribution in [2.24, 2.45) is 17.1 Å². The van der Waals surface area contributed by atoms with Gasteiger partial charge in [-0.15, -0.1) is 0 Å². The van der Waals surface area contributed by atoms with Crippen molar-refractivity contribution in [1.29, 1.82) is 0 Å². The molecule has 0 heterocycles. The molecule has 17 heavy (non-hydrogen) atoms. The zero-order valence-corrected chi connectivity index (χ0v) is 11.6. The van der Waals surface area contributed by atoms with E-state index < -0.39 is 0 Å². The first-order valence-corrected chi connectivity index (χ1v) is 7.37. The van der Waals surface area contributed by atoms with Crippen LogP contribution in [0.2, 0.25) is 0 Å². The van der Waals surface area contributed by atoms with Crippen molar-refractivity contribution >= 4 is 5.78 Å². The van der Waals surface area contributed by atoms with Crippen LogP contribution < -0.4 is 5.73 Å². The third-order valence-corrected chi connectivity index (χ3v) is 4.59. The minimum Gasteiger partial charge on any atom is -0.330 e.